The van der Waals surface area contributed by atoms with Crippen molar-refractivity contribution >= 4 is 40.1 Å². The highest BCUT2D eigenvalue weighted by molar-refractivity contribution is 8.00. The summed E-state index contributed by atoms with van der Waals surface area (Å²) in [6.45, 7) is 0. The second-order valence-electron chi connectivity index (χ2n) is 6.82. The van der Waals surface area contributed by atoms with Crippen molar-refractivity contribution < 1.29 is 22.9 Å². The average molecular weight is 490 g/mol. The third-order valence-corrected chi connectivity index (χ3v) is 5.68. The molecule has 14 heteroatoms. The highest BCUT2D eigenvalue weighted by atomic mass is 32.2. The largest absolute Gasteiger partial charge is 0.416 e. The van der Waals surface area contributed by atoms with E-state index in [1.807, 2.05) is 0 Å². The quantitative estimate of drug-likeness (QED) is 0.239. The number of nitrogens with one attached hydrogen (secondary N) is 2. The van der Waals surface area contributed by atoms with E-state index in [1.54, 1.807) is 24.3 Å². The van der Waals surface area contributed by atoms with E-state index in [2.05, 4.69) is 20.4 Å². The first kappa shape index (κ1) is 23.0. The zero-order valence-corrected chi connectivity index (χ0v) is 17.7. The van der Waals surface area contributed by atoms with Crippen LogP contribution in [0.1, 0.15) is 5.56 Å². The normalized spacial score (nSPS) is 11.5. The summed E-state index contributed by atoms with van der Waals surface area (Å²) in [4.78, 5) is 41.2. The zero-order valence-electron chi connectivity index (χ0n) is 16.9. The molecular weight excluding hydrogens is 477 g/mol. The number of carbonyl (C=O) groups is 1. The summed E-state index contributed by atoms with van der Waals surface area (Å²) in [5.41, 5.74) is -1.28. The van der Waals surface area contributed by atoms with Crippen LogP contribution < -0.4 is 10.9 Å². The minimum atomic E-state index is -4.73. The van der Waals surface area contributed by atoms with E-state index < -0.39 is 28.3 Å². The Balaban J connectivity index is 1.55. The molecule has 0 saturated carbocycles. The van der Waals surface area contributed by atoms with Crippen molar-refractivity contribution in [3.63, 3.8) is 0 Å². The number of para-hydroxylation sites is 2. The van der Waals surface area contributed by atoms with Crippen LogP contribution in [0.15, 0.2) is 64.7 Å². The number of fused-ring (bicyclic) bond motifs is 1. The molecule has 34 heavy (non-hydrogen) atoms. The fraction of sp³-hybridized carbons (Fsp3) is 0.100. The summed E-state index contributed by atoms with van der Waals surface area (Å²) in [6.07, 6.45) is -2.18. The van der Waals surface area contributed by atoms with E-state index in [9.17, 15) is 32.9 Å². The van der Waals surface area contributed by atoms with E-state index in [0.29, 0.717) is 17.4 Å². The molecule has 2 aromatic heterocycles. The predicted octanol–water partition coefficient (Wildman–Crippen LogP) is 3.77. The van der Waals surface area contributed by atoms with Gasteiger partial charge in [-0.3, -0.25) is 19.7 Å². The highest BCUT2D eigenvalue weighted by Gasteiger charge is 2.33. The highest BCUT2D eigenvalue weighted by Crippen LogP contribution is 2.36. The van der Waals surface area contributed by atoms with Crippen molar-refractivity contribution in [2.24, 2.45) is 0 Å². The molecule has 1 amide bonds. The number of nitro benzene ring substituents is 1. The van der Waals surface area contributed by atoms with Crippen LogP contribution in [0.2, 0.25) is 0 Å². The van der Waals surface area contributed by atoms with Gasteiger partial charge in [0.25, 0.3) is 11.2 Å². The van der Waals surface area contributed by atoms with Gasteiger partial charge in [0.1, 0.15) is 5.39 Å². The number of amides is 1. The predicted molar refractivity (Wildman–Crippen MR) is 117 cm³/mol. The molecule has 4 rings (SSSR count). The van der Waals surface area contributed by atoms with Gasteiger partial charge in [0.05, 0.1) is 45.0 Å². The van der Waals surface area contributed by atoms with Crippen LogP contribution in [-0.4, -0.2) is 36.3 Å². The molecule has 2 heterocycles. The van der Waals surface area contributed by atoms with Crippen molar-refractivity contribution in [3.8, 4) is 5.69 Å². The number of aromatic nitrogens is 4. The Hall–Kier alpha value is -4.20. The fourth-order valence-electron chi connectivity index (χ4n) is 3.08. The van der Waals surface area contributed by atoms with Gasteiger partial charge in [0, 0.05) is 6.07 Å². The topological polar surface area (TPSA) is 136 Å². The van der Waals surface area contributed by atoms with Gasteiger partial charge < -0.3 is 10.3 Å². The molecule has 0 spiro atoms. The molecule has 0 aliphatic rings. The van der Waals surface area contributed by atoms with Crippen LogP contribution in [-0.2, 0) is 11.0 Å². The number of thioether (sulfide) groups is 1. The number of benzene rings is 2. The molecule has 0 radical (unpaired) electrons. The minimum absolute atomic E-state index is 0.0806. The molecule has 0 bridgehead atoms. The molecule has 4 aromatic rings. The van der Waals surface area contributed by atoms with Gasteiger partial charge in [-0.15, -0.1) is 11.8 Å². The number of hydrogen-bond donors (Lipinski definition) is 2. The lowest BCUT2D eigenvalue weighted by molar-refractivity contribution is -0.388. The van der Waals surface area contributed by atoms with Crippen LogP contribution in [0.4, 0.5) is 24.5 Å². The van der Waals surface area contributed by atoms with Gasteiger partial charge in [-0.25, -0.2) is 9.67 Å². The molecule has 2 aromatic carbocycles. The Bertz CT molecular complexity index is 1470. The Morgan fingerprint density at radius 2 is 2.00 bits per heavy atom. The summed E-state index contributed by atoms with van der Waals surface area (Å²) in [5, 5.41) is 18.3. The van der Waals surface area contributed by atoms with Crippen molar-refractivity contribution in [1.82, 2.24) is 19.7 Å². The summed E-state index contributed by atoms with van der Waals surface area (Å²) < 4.78 is 40.0. The monoisotopic (exact) mass is 490 g/mol. The first-order chi connectivity index (χ1) is 16.1. The van der Waals surface area contributed by atoms with Gasteiger partial charge in [-0.05, 0) is 24.3 Å². The van der Waals surface area contributed by atoms with E-state index >= 15 is 0 Å². The number of nitro groups is 1. The number of rotatable bonds is 6. The molecule has 2 N–H and O–H groups in total. The fourth-order valence-corrected chi connectivity index (χ4v) is 3.89. The third kappa shape index (κ3) is 4.61. The van der Waals surface area contributed by atoms with Gasteiger partial charge in [0.15, 0.2) is 5.65 Å². The van der Waals surface area contributed by atoms with Crippen LogP contribution in [0.5, 0.6) is 0 Å². The number of nitrogens with zero attached hydrogens (tertiary/aromatic N) is 4. The Morgan fingerprint density at radius 1 is 1.24 bits per heavy atom. The number of aromatic amines is 1. The second-order valence-corrected chi connectivity index (χ2v) is 7.83. The summed E-state index contributed by atoms with van der Waals surface area (Å²) in [7, 11) is 0. The molecule has 0 atom stereocenters. The lowest BCUT2D eigenvalue weighted by atomic mass is 10.2. The number of halogens is 3. The van der Waals surface area contributed by atoms with Crippen LogP contribution in [0.3, 0.4) is 0 Å². The van der Waals surface area contributed by atoms with E-state index in [0.717, 1.165) is 23.9 Å². The molecule has 0 aliphatic carbocycles. The standard InChI is InChI=1S/C20H13F3N6O4S/c21-20(22,23)11-5-6-16(15(7-11)29(32)33)34-9-17(30)27-13-3-1-2-4-14(13)28-18-12(8-26-28)19(31)25-10-24-18/h1-8,10H,9H2,(H,27,30)(H,24,25,31). The smallest absolute Gasteiger partial charge is 0.323 e. The van der Waals surface area contributed by atoms with Crippen molar-refractivity contribution in [1.29, 1.82) is 0 Å². The maximum absolute atomic E-state index is 12.9. The third-order valence-electron chi connectivity index (χ3n) is 4.62. The molecule has 0 unspecified atom stereocenters. The Kier molecular flexibility index (Phi) is 6.06. The first-order valence-electron chi connectivity index (χ1n) is 9.44. The van der Waals surface area contributed by atoms with E-state index in [1.165, 1.54) is 17.2 Å². The molecule has 10 nitrogen and oxygen atoms in total. The lowest BCUT2D eigenvalue weighted by Gasteiger charge is -2.12. The SMILES string of the molecule is O=C(CSc1ccc(C(F)(F)F)cc1[N+](=O)[O-])Nc1ccccc1-n1ncc2c(=O)[nH]cnc21. The van der Waals surface area contributed by atoms with Gasteiger partial charge in [0.2, 0.25) is 5.91 Å². The molecular formula is C20H13F3N6O4S. The van der Waals surface area contributed by atoms with Crippen LogP contribution in [0, 0.1) is 10.1 Å². The number of alkyl halides is 3. The summed E-state index contributed by atoms with van der Waals surface area (Å²) >= 11 is 0.729. The number of carbonyl (C=O) groups excluding carboxylic acids is 1. The van der Waals surface area contributed by atoms with Gasteiger partial charge in [-0.2, -0.15) is 18.3 Å². The van der Waals surface area contributed by atoms with E-state index in [4.69, 9.17) is 0 Å². The van der Waals surface area contributed by atoms with E-state index in [-0.39, 0.29) is 27.2 Å². The number of anilines is 1. The minimum Gasteiger partial charge on any atom is -0.323 e. The summed E-state index contributed by atoms with van der Waals surface area (Å²) in [6, 6.07) is 8.68. The van der Waals surface area contributed by atoms with Crippen LogP contribution in [0.25, 0.3) is 16.7 Å². The lowest BCUT2D eigenvalue weighted by Crippen LogP contribution is -2.16. The summed E-state index contributed by atoms with van der Waals surface area (Å²) in [5.74, 6) is -0.868. The molecule has 174 valence electrons. The first-order valence-corrected chi connectivity index (χ1v) is 10.4. The Labute approximate surface area is 192 Å². The van der Waals surface area contributed by atoms with Gasteiger partial charge in [-0.1, -0.05) is 12.1 Å². The zero-order chi connectivity index (χ0) is 24.5. The molecule has 0 saturated heterocycles. The second kappa shape index (κ2) is 8.97. The van der Waals surface area contributed by atoms with Crippen LogP contribution >= 0.6 is 11.8 Å². The van der Waals surface area contributed by atoms with Crippen molar-refractivity contribution in [3.05, 3.63) is 81.0 Å². The maximum Gasteiger partial charge on any atom is 0.416 e. The number of H-pyrrole nitrogens is 1. The van der Waals surface area contributed by atoms with Gasteiger partial charge >= 0.3 is 6.18 Å². The average Bonchev–Trinajstić information content (AvgIpc) is 3.22. The maximum atomic E-state index is 12.9. The van der Waals surface area contributed by atoms with Crippen molar-refractivity contribution in [2.75, 3.05) is 11.1 Å². The Morgan fingerprint density at radius 3 is 2.74 bits per heavy atom. The van der Waals surface area contributed by atoms with Crippen molar-refractivity contribution in [2.45, 2.75) is 11.1 Å². The molecule has 0 aliphatic heterocycles. The molecule has 0 fully saturated rings. The number of hydrogen-bond acceptors (Lipinski definition) is 7.